The molecule has 0 unspecified atom stereocenters. The molecule has 0 aliphatic carbocycles. The minimum absolute atomic E-state index is 0.852. The van der Waals surface area contributed by atoms with Gasteiger partial charge in [-0.1, -0.05) is 42.5 Å². The summed E-state index contributed by atoms with van der Waals surface area (Å²) in [7, 11) is 3.49. The molecule has 2 N–H and O–H groups in total. The predicted octanol–water partition coefficient (Wildman–Crippen LogP) is 3.04. The van der Waals surface area contributed by atoms with Gasteiger partial charge in [0.15, 0.2) is 5.96 Å². The van der Waals surface area contributed by atoms with Crippen LogP contribution < -0.4 is 15.4 Å². The smallest absolute Gasteiger partial charge is 0.190 e. The fourth-order valence-electron chi connectivity index (χ4n) is 2.48. The average Bonchev–Trinajstić information content (AvgIpc) is 2.65. The van der Waals surface area contributed by atoms with E-state index in [1.54, 1.807) is 14.2 Å². The van der Waals surface area contributed by atoms with Crippen LogP contribution in [0.15, 0.2) is 59.6 Å². The van der Waals surface area contributed by atoms with Crippen LogP contribution in [-0.2, 0) is 12.8 Å². The first-order chi connectivity index (χ1) is 11.8. The van der Waals surface area contributed by atoms with E-state index in [0.717, 1.165) is 44.1 Å². The summed E-state index contributed by atoms with van der Waals surface area (Å²) in [5, 5.41) is 6.72. The summed E-state index contributed by atoms with van der Waals surface area (Å²) >= 11 is 0. The molecule has 0 amide bonds. The molecule has 0 atom stereocenters. The van der Waals surface area contributed by atoms with Crippen LogP contribution in [0.5, 0.6) is 5.75 Å². The van der Waals surface area contributed by atoms with Crippen LogP contribution in [0.2, 0.25) is 0 Å². The van der Waals surface area contributed by atoms with Gasteiger partial charge in [0.1, 0.15) is 5.75 Å². The van der Waals surface area contributed by atoms with E-state index in [4.69, 9.17) is 4.74 Å². The van der Waals surface area contributed by atoms with Crippen LogP contribution in [0.3, 0.4) is 0 Å². The van der Waals surface area contributed by atoms with E-state index >= 15 is 0 Å². The second-order valence-electron chi connectivity index (χ2n) is 5.61. The zero-order valence-electron chi connectivity index (χ0n) is 14.6. The Balaban J connectivity index is 1.63. The van der Waals surface area contributed by atoms with Gasteiger partial charge >= 0.3 is 0 Å². The van der Waals surface area contributed by atoms with Crippen molar-refractivity contribution in [3.8, 4) is 5.75 Å². The van der Waals surface area contributed by atoms with Crippen molar-refractivity contribution in [1.29, 1.82) is 0 Å². The highest BCUT2D eigenvalue weighted by Gasteiger charge is 1.99. The molecule has 0 bridgehead atoms. The van der Waals surface area contributed by atoms with Gasteiger partial charge in [-0.3, -0.25) is 4.99 Å². The molecule has 4 heteroatoms. The number of ether oxygens (including phenoxy) is 1. The minimum atomic E-state index is 0.852. The van der Waals surface area contributed by atoms with Gasteiger partial charge in [-0.15, -0.1) is 0 Å². The molecule has 0 saturated heterocycles. The first-order valence-corrected chi connectivity index (χ1v) is 8.43. The topological polar surface area (TPSA) is 45.7 Å². The lowest BCUT2D eigenvalue weighted by Gasteiger charge is -2.12. The van der Waals surface area contributed by atoms with Gasteiger partial charge in [-0.25, -0.2) is 0 Å². The number of rotatable bonds is 8. The lowest BCUT2D eigenvalue weighted by atomic mass is 10.1. The zero-order valence-corrected chi connectivity index (χ0v) is 14.6. The molecule has 2 aromatic carbocycles. The minimum Gasteiger partial charge on any atom is -0.497 e. The number of aliphatic imine (C=N–C) groups is 1. The number of hydrogen-bond acceptors (Lipinski definition) is 2. The average molecular weight is 325 g/mol. The second kappa shape index (κ2) is 10.3. The van der Waals surface area contributed by atoms with Gasteiger partial charge in [-0.05, 0) is 42.5 Å². The number of hydrogen-bond donors (Lipinski definition) is 2. The molecule has 2 rings (SSSR count). The first-order valence-electron chi connectivity index (χ1n) is 8.43. The van der Waals surface area contributed by atoms with Crippen molar-refractivity contribution in [3.05, 3.63) is 65.7 Å². The fourth-order valence-corrected chi connectivity index (χ4v) is 2.48. The molecule has 24 heavy (non-hydrogen) atoms. The number of methoxy groups -OCH3 is 1. The van der Waals surface area contributed by atoms with Crippen LogP contribution in [0.4, 0.5) is 0 Å². The molecular formula is C20H27N3O. The molecule has 2 aromatic rings. The van der Waals surface area contributed by atoms with E-state index in [1.807, 2.05) is 12.1 Å². The summed E-state index contributed by atoms with van der Waals surface area (Å²) in [6.45, 7) is 1.77. The first kappa shape index (κ1) is 17.9. The molecule has 128 valence electrons. The maximum absolute atomic E-state index is 5.17. The highest BCUT2D eigenvalue weighted by Crippen LogP contribution is 2.11. The summed E-state index contributed by atoms with van der Waals surface area (Å²) in [6.07, 6.45) is 3.12. The summed E-state index contributed by atoms with van der Waals surface area (Å²) in [4.78, 5) is 4.27. The number of guanidine groups is 1. The van der Waals surface area contributed by atoms with Gasteiger partial charge in [0, 0.05) is 20.1 Å². The summed E-state index contributed by atoms with van der Waals surface area (Å²) in [5.74, 6) is 1.75. The Labute approximate surface area is 145 Å². The molecule has 0 aliphatic rings. The van der Waals surface area contributed by atoms with Gasteiger partial charge < -0.3 is 15.4 Å². The molecule has 0 heterocycles. The van der Waals surface area contributed by atoms with E-state index in [-0.39, 0.29) is 0 Å². The standard InChI is InChI=1S/C20H27N3O/c1-21-20(22-15-6-9-17-7-4-3-5-8-17)23-16-14-18-10-12-19(24-2)13-11-18/h3-5,7-8,10-13H,6,9,14-16H2,1-2H3,(H2,21,22,23). The Kier molecular flexibility index (Phi) is 7.68. The number of nitrogens with one attached hydrogen (secondary N) is 2. The Bertz CT molecular complexity index is 609. The molecule has 0 aromatic heterocycles. The highest BCUT2D eigenvalue weighted by atomic mass is 16.5. The lowest BCUT2D eigenvalue weighted by molar-refractivity contribution is 0.414. The number of nitrogens with zero attached hydrogens (tertiary/aromatic N) is 1. The SMILES string of the molecule is CN=C(NCCCc1ccccc1)NCCc1ccc(OC)cc1. The molecular weight excluding hydrogens is 298 g/mol. The van der Waals surface area contributed by atoms with E-state index in [0.29, 0.717) is 0 Å². The van der Waals surface area contributed by atoms with E-state index in [2.05, 4.69) is 58.1 Å². The van der Waals surface area contributed by atoms with Crippen molar-refractivity contribution >= 4 is 5.96 Å². The molecule has 0 spiro atoms. The molecule has 0 radical (unpaired) electrons. The number of benzene rings is 2. The van der Waals surface area contributed by atoms with Crippen LogP contribution in [0.1, 0.15) is 17.5 Å². The van der Waals surface area contributed by atoms with E-state index in [9.17, 15) is 0 Å². The zero-order chi connectivity index (χ0) is 17.0. The van der Waals surface area contributed by atoms with Gasteiger partial charge in [0.25, 0.3) is 0 Å². The van der Waals surface area contributed by atoms with Crippen molar-refractivity contribution in [2.24, 2.45) is 4.99 Å². The second-order valence-corrected chi connectivity index (χ2v) is 5.61. The third-order valence-electron chi connectivity index (χ3n) is 3.87. The molecule has 0 saturated carbocycles. The lowest BCUT2D eigenvalue weighted by Crippen LogP contribution is -2.38. The predicted molar refractivity (Wildman–Crippen MR) is 101 cm³/mol. The van der Waals surface area contributed by atoms with Crippen LogP contribution in [0, 0.1) is 0 Å². The third-order valence-corrected chi connectivity index (χ3v) is 3.87. The maximum atomic E-state index is 5.17. The van der Waals surface area contributed by atoms with Crippen molar-refractivity contribution in [2.75, 3.05) is 27.2 Å². The Hall–Kier alpha value is -2.49. The Morgan fingerprint density at radius 2 is 1.54 bits per heavy atom. The van der Waals surface area contributed by atoms with Gasteiger partial charge in [0.05, 0.1) is 7.11 Å². The molecule has 0 fully saturated rings. The van der Waals surface area contributed by atoms with Gasteiger partial charge in [-0.2, -0.15) is 0 Å². The third kappa shape index (κ3) is 6.32. The van der Waals surface area contributed by atoms with Crippen LogP contribution in [-0.4, -0.2) is 33.2 Å². The monoisotopic (exact) mass is 325 g/mol. The fraction of sp³-hybridized carbons (Fsp3) is 0.350. The van der Waals surface area contributed by atoms with Crippen molar-refractivity contribution in [1.82, 2.24) is 10.6 Å². The largest absolute Gasteiger partial charge is 0.497 e. The van der Waals surface area contributed by atoms with Crippen LogP contribution >= 0.6 is 0 Å². The summed E-state index contributed by atoms with van der Waals surface area (Å²) < 4.78 is 5.17. The van der Waals surface area contributed by atoms with E-state index < -0.39 is 0 Å². The van der Waals surface area contributed by atoms with Gasteiger partial charge in [0.2, 0.25) is 0 Å². The quantitative estimate of drug-likeness (QED) is 0.445. The van der Waals surface area contributed by atoms with Crippen molar-refractivity contribution in [3.63, 3.8) is 0 Å². The number of aryl methyl sites for hydroxylation is 1. The molecule has 0 aliphatic heterocycles. The Morgan fingerprint density at radius 3 is 2.21 bits per heavy atom. The highest BCUT2D eigenvalue weighted by molar-refractivity contribution is 5.79. The Morgan fingerprint density at radius 1 is 0.875 bits per heavy atom. The van der Waals surface area contributed by atoms with Crippen molar-refractivity contribution in [2.45, 2.75) is 19.3 Å². The molecule has 4 nitrogen and oxygen atoms in total. The normalized spacial score (nSPS) is 11.2. The summed E-state index contributed by atoms with van der Waals surface area (Å²) in [5.41, 5.74) is 2.66. The van der Waals surface area contributed by atoms with Crippen molar-refractivity contribution < 1.29 is 4.74 Å². The maximum Gasteiger partial charge on any atom is 0.190 e. The van der Waals surface area contributed by atoms with E-state index in [1.165, 1.54) is 11.1 Å². The summed E-state index contributed by atoms with van der Waals surface area (Å²) in [6, 6.07) is 18.7. The van der Waals surface area contributed by atoms with Crippen LogP contribution in [0.25, 0.3) is 0 Å².